The lowest BCUT2D eigenvalue weighted by Crippen LogP contribution is -1.89. The van der Waals surface area contributed by atoms with Crippen LogP contribution in [-0.4, -0.2) is 17.3 Å². The van der Waals surface area contributed by atoms with Gasteiger partial charge in [-0.25, -0.2) is 0 Å². The summed E-state index contributed by atoms with van der Waals surface area (Å²) in [6, 6.07) is 16.1. The monoisotopic (exact) mass is 266 g/mol. The normalized spacial score (nSPS) is 10.7. The number of fused-ring (bicyclic) bond motifs is 1. The Bertz CT molecular complexity index is 778. The van der Waals surface area contributed by atoms with Crippen molar-refractivity contribution in [3.8, 4) is 28.4 Å². The second-order valence-electron chi connectivity index (χ2n) is 4.57. The molecule has 3 heteroatoms. The molecule has 0 fully saturated rings. The van der Waals surface area contributed by atoms with Crippen molar-refractivity contribution in [3.63, 3.8) is 0 Å². The van der Waals surface area contributed by atoms with Crippen LogP contribution in [0.3, 0.4) is 0 Å². The highest BCUT2D eigenvalue weighted by molar-refractivity contribution is 6.01. The maximum atomic E-state index is 10.2. The summed E-state index contributed by atoms with van der Waals surface area (Å²) in [6.45, 7) is 0. The van der Waals surface area contributed by atoms with E-state index in [2.05, 4.69) is 0 Å². The smallest absolute Gasteiger partial charge is 0.127 e. The van der Waals surface area contributed by atoms with E-state index < -0.39 is 0 Å². The van der Waals surface area contributed by atoms with Gasteiger partial charge in [0.05, 0.1) is 7.11 Å². The van der Waals surface area contributed by atoms with E-state index >= 15 is 0 Å². The van der Waals surface area contributed by atoms with Gasteiger partial charge in [0.2, 0.25) is 0 Å². The molecule has 0 aromatic heterocycles. The highest BCUT2D eigenvalue weighted by Gasteiger charge is 2.14. The van der Waals surface area contributed by atoms with E-state index in [4.69, 9.17) is 4.74 Å². The number of phenolic OH excluding ortho intramolecular Hbond substituents is 2. The van der Waals surface area contributed by atoms with E-state index in [-0.39, 0.29) is 11.5 Å². The fourth-order valence-electron chi connectivity index (χ4n) is 2.43. The number of hydrogen-bond donors (Lipinski definition) is 2. The zero-order valence-electron chi connectivity index (χ0n) is 11.0. The van der Waals surface area contributed by atoms with E-state index in [1.165, 1.54) is 0 Å². The van der Waals surface area contributed by atoms with E-state index in [0.29, 0.717) is 16.9 Å². The van der Waals surface area contributed by atoms with Gasteiger partial charge >= 0.3 is 0 Å². The zero-order chi connectivity index (χ0) is 14.1. The largest absolute Gasteiger partial charge is 0.508 e. The van der Waals surface area contributed by atoms with Crippen LogP contribution in [0, 0.1) is 0 Å². The number of ether oxygens (including phenoxy) is 1. The lowest BCUT2D eigenvalue weighted by Gasteiger charge is -2.13. The van der Waals surface area contributed by atoms with Crippen molar-refractivity contribution in [2.24, 2.45) is 0 Å². The number of methoxy groups -OCH3 is 1. The van der Waals surface area contributed by atoms with Crippen LogP contribution in [0.4, 0.5) is 0 Å². The first-order valence-corrected chi connectivity index (χ1v) is 6.29. The van der Waals surface area contributed by atoms with Crippen molar-refractivity contribution in [1.82, 2.24) is 0 Å². The molecule has 0 atom stereocenters. The quantitative estimate of drug-likeness (QED) is 0.739. The third-order valence-electron chi connectivity index (χ3n) is 3.36. The van der Waals surface area contributed by atoms with Crippen molar-refractivity contribution in [3.05, 3.63) is 54.6 Å². The summed E-state index contributed by atoms with van der Waals surface area (Å²) in [5, 5.41) is 21.9. The van der Waals surface area contributed by atoms with Gasteiger partial charge in [-0.15, -0.1) is 0 Å². The number of hydrogen-bond acceptors (Lipinski definition) is 3. The molecular weight excluding hydrogens is 252 g/mol. The Labute approximate surface area is 116 Å². The SMILES string of the molecule is COc1ccc(O)cc1-c1c(O)ccc2ccccc12. The second-order valence-corrected chi connectivity index (χ2v) is 4.57. The molecule has 0 bridgehead atoms. The van der Waals surface area contributed by atoms with Crippen LogP contribution in [0.25, 0.3) is 21.9 Å². The molecular formula is C17H14O3. The number of benzene rings is 3. The van der Waals surface area contributed by atoms with Crippen LogP contribution in [0.5, 0.6) is 17.2 Å². The first-order chi connectivity index (χ1) is 9.70. The molecule has 0 aliphatic rings. The Balaban J connectivity index is 2.40. The van der Waals surface area contributed by atoms with Crippen molar-refractivity contribution in [2.45, 2.75) is 0 Å². The van der Waals surface area contributed by atoms with Crippen LogP contribution >= 0.6 is 0 Å². The second kappa shape index (κ2) is 4.78. The molecule has 100 valence electrons. The molecule has 0 unspecified atom stereocenters. The molecule has 0 saturated carbocycles. The lowest BCUT2D eigenvalue weighted by atomic mass is 9.96. The summed E-state index contributed by atoms with van der Waals surface area (Å²) in [5.41, 5.74) is 1.33. The Morgan fingerprint density at radius 1 is 0.900 bits per heavy atom. The van der Waals surface area contributed by atoms with Gasteiger partial charge in [0.25, 0.3) is 0 Å². The molecule has 0 aliphatic carbocycles. The molecule has 20 heavy (non-hydrogen) atoms. The fourth-order valence-corrected chi connectivity index (χ4v) is 2.43. The zero-order valence-corrected chi connectivity index (χ0v) is 11.0. The molecule has 0 amide bonds. The van der Waals surface area contributed by atoms with Crippen LogP contribution in [0.15, 0.2) is 54.6 Å². The average Bonchev–Trinajstić information content (AvgIpc) is 2.47. The van der Waals surface area contributed by atoms with Gasteiger partial charge in [-0.1, -0.05) is 30.3 Å². The van der Waals surface area contributed by atoms with E-state index in [1.807, 2.05) is 30.3 Å². The van der Waals surface area contributed by atoms with Crippen molar-refractivity contribution >= 4 is 10.8 Å². The van der Waals surface area contributed by atoms with Crippen LogP contribution in [0.2, 0.25) is 0 Å². The van der Waals surface area contributed by atoms with Crippen molar-refractivity contribution in [2.75, 3.05) is 7.11 Å². The maximum absolute atomic E-state index is 10.2. The molecule has 2 N–H and O–H groups in total. The maximum Gasteiger partial charge on any atom is 0.127 e. The van der Waals surface area contributed by atoms with Crippen molar-refractivity contribution < 1.29 is 14.9 Å². The van der Waals surface area contributed by atoms with Gasteiger partial charge in [-0.2, -0.15) is 0 Å². The first kappa shape index (κ1) is 12.4. The summed E-state index contributed by atoms with van der Waals surface area (Å²) in [6.07, 6.45) is 0. The molecule has 3 aromatic carbocycles. The highest BCUT2D eigenvalue weighted by atomic mass is 16.5. The van der Waals surface area contributed by atoms with E-state index in [1.54, 1.807) is 31.4 Å². The van der Waals surface area contributed by atoms with E-state index in [0.717, 1.165) is 10.8 Å². The highest BCUT2D eigenvalue weighted by Crippen LogP contribution is 2.42. The number of phenols is 2. The fraction of sp³-hybridized carbons (Fsp3) is 0.0588. The predicted octanol–water partition coefficient (Wildman–Crippen LogP) is 3.93. The van der Waals surface area contributed by atoms with Gasteiger partial charge in [0, 0.05) is 11.1 Å². The van der Waals surface area contributed by atoms with Crippen LogP contribution < -0.4 is 4.74 Å². The first-order valence-electron chi connectivity index (χ1n) is 6.29. The minimum atomic E-state index is 0.133. The van der Waals surface area contributed by atoms with Gasteiger partial charge < -0.3 is 14.9 Å². The Morgan fingerprint density at radius 2 is 1.70 bits per heavy atom. The van der Waals surface area contributed by atoms with Gasteiger partial charge in [-0.05, 0) is 35.0 Å². The Hall–Kier alpha value is -2.68. The standard InChI is InChI=1S/C17H14O3/c1-20-16-9-7-12(18)10-14(16)17-13-5-3-2-4-11(13)6-8-15(17)19/h2-10,18-19H,1H3. The molecule has 0 radical (unpaired) electrons. The van der Waals surface area contributed by atoms with Gasteiger partial charge in [0.15, 0.2) is 0 Å². The molecule has 0 spiro atoms. The molecule has 3 rings (SSSR count). The Kier molecular flexibility index (Phi) is 2.95. The minimum Gasteiger partial charge on any atom is -0.508 e. The van der Waals surface area contributed by atoms with Gasteiger partial charge in [0.1, 0.15) is 17.2 Å². The summed E-state index contributed by atoms with van der Waals surface area (Å²) in [7, 11) is 1.57. The van der Waals surface area contributed by atoms with Crippen LogP contribution in [0.1, 0.15) is 0 Å². The van der Waals surface area contributed by atoms with Gasteiger partial charge in [-0.3, -0.25) is 0 Å². The third kappa shape index (κ3) is 1.93. The molecule has 3 nitrogen and oxygen atoms in total. The molecule has 3 aromatic rings. The molecule has 0 aliphatic heterocycles. The number of rotatable bonds is 2. The summed E-state index contributed by atoms with van der Waals surface area (Å²) < 4.78 is 5.34. The minimum absolute atomic E-state index is 0.133. The summed E-state index contributed by atoms with van der Waals surface area (Å²) in [5.74, 6) is 0.898. The summed E-state index contributed by atoms with van der Waals surface area (Å²) in [4.78, 5) is 0. The van der Waals surface area contributed by atoms with Crippen LogP contribution in [-0.2, 0) is 0 Å². The summed E-state index contributed by atoms with van der Waals surface area (Å²) >= 11 is 0. The van der Waals surface area contributed by atoms with E-state index in [9.17, 15) is 10.2 Å². The van der Waals surface area contributed by atoms with Crippen molar-refractivity contribution in [1.29, 1.82) is 0 Å². The average molecular weight is 266 g/mol. The Morgan fingerprint density at radius 3 is 2.50 bits per heavy atom. The third-order valence-corrected chi connectivity index (χ3v) is 3.36. The molecule has 0 heterocycles. The predicted molar refractivity (Wildman–Crippen MR) is 79.3 cm³/mol. The lowest BCUT2D eigenvalue weighted by molar-refractivity contribution is 0.413. The molecule has 0 saturated heterocycles. The number of aromatic hydroxyl groups is 2. The topological polar surface area (TPSA) is 49.7 Å².